The summed E-state index contributed by atoms with van der Waals surface area (Å²) in [5.41, 5.74) is 6.99. The van der Waals surface area contributed by atoms with Crippen molar-refractivity contribution in [1.82, 2.24) is 9.88 Å². The summed E-state index contributed by atoms with van der Waals surface area (Å²) in [7, 11) is -1.65. The average Bonchev–Trinajstić information content (AvgIpc) is 2.98. The Balaban J connectivity index is 1.54. The van der Waals surface area contributed by atoms with Crippen LogP contribution in [-0.4, -0.2) is 64.1 Å². The molecule has 0 saturated carbocycles. The summed E-state index contributed by atoms with van der Waals surface area (Å²) in [6.45, 7) is -0.370. The summed E-state index contributed by atoms with van der Waals surface area (Å²) in [6, 6.07) is 20.9. The number of carbonyl (C=O) groups excluding carboxylic acids is 4. The molecule has 0 spiro atoms. The molecule has 11 nitrogen and oxygen atoms in total. The Morgan fingerprint density at radius 1 is 0.889 bits per heavy atom. The minimum Gasteiger partial charge on any atom is -0.369 e. The number of anilines is 2. The van der Waals surface area contributed by atoms with Gasteiger partial charge in [0, 0.05) is 23.0 Å². The summed E-state index contributed by atoms with van der Waals surface area (Å²) >= 11 is 12.0. The topological polar surface area (TPSA) is 164 Å². The van der Waals surface area contributed by atoms with Crippen molar-refractivity contribution < 1.29 is 23.4 Å². The molecule has 1 atom stereocenters. The van der Waals surface area contributed by atoms with E-state index in [0.717, 1.165) is 0 Å². The number of pyridine rings is 1. The van der Waals surface area contributed by atoms with Gasteiger partial charge >= 0.3 is 0 Å². The van der Waals surface area contributed by atoms with Gasteiger partial charge in [0.1, 0.15) is 5.82 Å². The summed E-state index contributed by atoms with van der Waals surface area (Å²) in [4.78, 5) is 55.6. The second-order valence-electron chi connectivity index (χ2n) is 9.96. The SMILES string of the molecule is CN(CC(N)=O)CC(=O)N=S(C)(=O)c1ccccc1-c1ccc(C(=O)Nc2ccc(Cl)cc2C(=O)Nc2ccc(Cl)cn2)cc1. The van der Waals surface area contributed by atoms with Crippen LogP contribution in [0.5, 0.6) is 0 Å². The maximum Gasteiger partial charge on any atom is 0.268 e. The quantitative estimate of drug-likeness (QED) is 0.215. The highest BCUT2D eigenvalue weighted by molar-refractivity contribution is 7.93. The van der Waals surface area contributed by atoms with Crippen molar-refractivity contribution in [2.75, 3.05) is 37.0 Å². The molecule has 4 amide bonds. The number of nitrogens with two attached hydrogens (primary N) is 1. The molecule has 0 fully saturated rings. The smallest absolute Gasteiger partial charge is 0.268 e. The van der Waals surface area contributed by atoms with Crippen molar-refractivity contribution in [1.29, 1.82) is 0 Å². The summed E-state index contributed by atoms with van der Waals surface area (Å²) in [5.74, 6) is -2.03. The van der Waals surface area contributed by atoms with Crippen LogP contribution in [0.1, 0.15) is 20.7 Å². The van der Waals surface area contributed by atoms with E-state index in [1.165, 1.54) is 42.6 Å². The van der Waals surface area contributed by atoms with Crippen LogP contribution in [0.15, 0.2) is 94.3 Å². The van der Waals surface area contributed by atoms with Gasteiger partial charge in [-0.05, 0) is 66.7 Å². The Hall–Kier alpha value is -4.62. The number of hydrogen-bond acceptors (Lipinski definition) is 7. The molecule has 4 N–H and O–H groups in total. The van der Waals surface area contributed by atoms with E-state index >= 15 is 0 Å². The monoisotopic (exact) mass is 666 g/mol. The fourth-order valence-electron chi connectivity index (χ4n) is 4.30. The highest BCUT2D eigenvalue weighted by Crippen LogP contribution is 2.29. The number of nitrogens with zero attached hydrogens (tertiary/aromatic N) is 3. The highest BCUT2D eigenvalue weighted by Gasteiger charge is 2.19. The molecule has 0 bridgehead atoms. The molecule has 232 valence electrons. The molecule has 0 aliphatic rings. The third kappa shape index (κ3) is 8.96. The third-order valence-corrected chi connectivity index (χ3v) is 8.49. The number of amides is 4. The van der Waals surface area contributed by atoms with Crippen LogP contribution in [-0.2, 0) is 19.3 Å². The van der Waals surface area contributed by atoms with Crippen molar-refractivity contribution >= 4 is 68.1 Å². The van der Waals surface area contributed by atoms with Crippen LogP contribution in [0.3, 0.4) is 0 Å². The van der Waals surface area contributed by atoms with Gasteiger partial charge in [0.05, 0.1) is 44.0 Å². The Kier molecular flexibility index (Phi) is 10.7. The molecule has 1 heterocycles. The molecular weight excluding hydrogens is 639 g/mol. The molecule has 45 heavy (non-hydrogen) atoms. The van der Waals surface area contributed by atoms with Gasteiger partial charge in [-0.1, -0.05) is 53.5 Å². The van der Waals surface area contributed by atoms with E-state index in [2.05, 4.69) is 20.0 Å². The zero-order chi connectivity index (χ0) is 32.7. The van der Waals surface area contributed by atoms with E-state index in [1.807, 2.05) is 0 Å². The summed E-state index contributed by atoms with van der Waals surface area (Å²) < 4.78 is 17.5. The molecule has 0 aliphatic heterocycles. The summed E-state index contributed by atoms with van der Waals surface area (Å²) in [5, 5.41) is 6.09. The minimum absolute atomic E-state index is 0.120. The molecule has 14 heteroatoms. The third-order valence-electron chi connectivity index (χ3n) is 6.30. The number of aromatic nitrogens is 1. The van der Waals surface area contributed by atoms with Gasteiger partial charge in [0.15, 0.2) is 0 Å². The van der Waals surface area contributed by atoms with Crippen LogP contribution < -0.4 is 16.4 Å². The number of likely N-dealkylation sites (N-methyl/N-ethyl adjacent to an activating group) is 1. The van der Waals surface area contributed by atoms with Crippen molar-refractivity contribution in [3.05, 3.63) is 106 Å². The molecule has 1 aromatic heterocycles. The van der Waals surface area contributed by atoms with Gasteiger partial charge in [-0.3, -0.25) is 24.1 Å². The Morgan fingerprint density at radius 2 is 1.58 bits per heavy atom. The first kappa shape index (κ1) is 33.3. The lowest BCUT2D eigenvalue weighted by molar-refractivity contribution is -0.121. The lowest BCUT2D eigenvalue weighted by Gasteiger charge is -2.14. The first-order valence-electron chi connectivity index (χ1n) is 13.3. The molecule has 1 unspecified atom stereocenters. The standard InChI is InChI=1S/C31H28Cl2N6O5S/c1-39(17-27(34)40)18-29(41)38-45(2,44)26-6-4-3-5-23(26)19-7-9-20(10-8-19)30(42)36-25-13-11-21(32)15-24(25)31(43)37-28-14-12-22(33)16-35-28/h3-16H,17-18H2,1-2H3,(H2,34,40)(H,36,42)(H,35,37,43). The van der Waals surface area contributed by atoms with Gasteiger partial charge in [-0.15, -0.1) is 0 Å². The lowest BCUT2D eigenvalue weighted by Crippen LogP contribution is -2.34. The lowest BCUT2D eigenvalue weighted by atomic mass is 10.0. The van der Waals surface area contributed by atoms with Gasteiger partial charge in [0.2, 0.25) is 5.91 Å². The number of primary amides is 1. The maximum atomic E-state index is 13.6. The van der Waals surface area contributed by atoms with E-state index in [4.69, 9.17) is 28.9 Å². The maximum absolute atomic E-state index is 13.6. The van der Waals surface area contributed by atoms with Gasteiger partial charge in [-0.2, -0.15) is 4.36 Å². The van der Waals surface area contributed by atoms with Crippen LogP contribution in [0.25, 0.3) is 11.1 Å². The first-order valence-corrected chi connectivity index (χ1v) is 16.0. The van der Waals surface area contributed by atoms with Crippen LogP contribution in [0, 0.1) is 0 Å². The summed E-state index contributed by atoms with van der Waals surface area (Å²) in [6.07, 6.45) is 2.75. The first-order chi connectivity index (χ1) is 21.3. The Labute approximate surface area is 269 Å². The van der Waals surface area contributed by atoms with Crippen LogP contribution in [0.4, 0.5) is 11.5 Å². The fourth-order valence-corrected chi connectivity index (χ4v) is 6.06. The number of carbonyl (C=O) groups is 4. The molecular formula is C31H28Cl2N6O5S. The number of hydrogen-bond donors (Lipinski definition) is 3. The minimum atomic E-state index is -3.18. The largest absolute Gasteiger partial charge is 0.369 e. The number of nitrogens with one attached hydrogen (secondary N) is 2. The molecule has 4 rings (SSSR count). The normalized spacial score (nSPS) is 12.2. The number of benzene rings is 3. The zero-order valence-electron chi connectivity index (χ0n) is 24.1. The average molecular weight is 668 g/mol. The molecule has 0 aliphatic carbocycles. The van der Waals surface area contributed by atoms with Crippen LogP contribution in [0.2, 0.25) is 10.0 Å². The molecule has 0 saturated heterocycles. The van der Waals surface area contributed by atoms with Gasteiger partial charge in [0.25, 0.3) is 17.7 Å². The Bertz CT molecular complexity index is 1890. The predicted octanol–water partition coefficient (Wildman–Crippen LogP) is 4.96. The van der Waals surface area contributed by atoms with Crippen molar-refractivity contribution in [2.24, 2.45) is 10.1 Å². The van der Waals surface area contributed by atoms with E-state index in [0.29, 0.717) is 26.1 Å². The van der Waals surface area contributed by atoms with E-state index in [1.54, 1.807) is 60.7 Å². The second-order valence-corrected chi connectivity index (χ2v) is 13.1. The Morgan fingerprint density at radius 3 is 2.24 bits per heavy atom. The van der Waals surface area contributed by atoms with Crippen molar-refractivity contribution in [3.8, 4) is 11.1 Å². The predicted molar refractivity (Wildman–Crippen MR) is 175 cm³/mol. The second kappa shape index (κ2) is 14.4. The molecule has 3 aromatic carbocycles. The van der Waals surface area contributed by atoms with Gasteiger partial charge in [-0.25, -0.2) is 9.19 Å². The molecule has 4 aromatic rings. The zero-order valence-corrected chi connectivity index (χ0v) is 26.4. The van der Waals surface area contributed by atoms with Crippen molar-refractivity contribution in [2.45, 2.75) is 4.90 Å². The van der Waals surface area contributed by atoms with E-state index in [9.17, 15) is 23.4 Å². The van der Waals surface area contributed by atoms with Gasteiger partial charge < -0.3 is 16.4 Å². The van der Waals surface area contributed by atoms with Crippen LogP contribution >= 0.6 is 23.2 Å². The van der Waals surface area contributed by atoms with Crippen molar-refractivity contribution in [3.63, 3.8) is 0 Å². The van der Waals surface area contributed by atoms with E-state index < -0.39 is 33.4 Å². The fraction of sp³-hybridized carbons (Fsp3) is 0.129. The highest BCUT2D eigenvalue weighted by atomic mass is 35.5. The number of halogens is 2. The molecule has 0 radical (unpaired) electrons. The van der Waals surface area contributed by atoms with E-state index in [-0.39, 0.29) is 35.7 Å². The number of rotatable bonds is 10.